The van der Waals surface area contributed by atoms with Crippen molar-refractivity contribution in [2.24, 2.45) is 0 Å². The molecule has 3 aromatic heterocycles. The van der Waals surface area contributed by atoms with Crippen LogP contribution in [-0.4, -0.2) is 29.9 Å². The summed E-state index contributed by atoms with van der Waals surface area (Å²) < 4.78 is 63.7. The van der Waals surface area contributed by atoms with Crippen LogP contribution in [0, 0.1) is 68.6 Å². The van der Waals surface area contributed by atoms with Crippen LogP contribution in [-0.2, 0) is 0 Å². The van der Waals surface area contributed by atoms with E-state index in [-0.39, 0.29) is 67.0 Å². The van der Waals surface area contributed by atoms with Crippen molar-refractivity contribution in [2.75, 3.05) is 0 Å². The van der Waals surface area contributed by atoms with E-state index in [1.807, 2.05) is 12.1 Å². The van der Waals surface area contributed by atoms with Gasteiger partial charge in [0.05, 0.1) is 33.3 Å². The SMILES string of the molecule is N#Cc1cc2nc3c(nc2cc1C#N)-c1c(F)c(F)c2c4c(c(F)c(F)c-3c14)-c1nc3nc(C#N)c(C#N)nc3nc1-2. The molecule has 3 aromatic carbocycles. The van der Waals surface area contributed by atoms with E-state index in [0.717, 1.165) is 0 Å². The summed E-state index contributed by atoms with van der Waals surface area (Å²) in [6.45, 7) is 0. The Labute approximate surface area is 229 Å². The number of fused-ring (bicyclic) bond motifs is 8. The van der Waals surface area contributed by atoms with Crippen LogP contribution in [0.25, 0.3) is 78.1 Å². The Hall–Kier alpha value is -6.64. The lowest BCUT2D eigenvalue weighted by Gasteiger charge is -2.09. The van der Waals surface area contributed by atoms with Gasteiger partial charge in [0.15, 0.2) is 46.0 Å². The zero-order valence-electron chi connectivity index (χ0n) is 20.1. The number of hydrogen-bond acceptors (Lipinski definition) is 10. The van der Waals surface area contributed by atoms with Gasteiger partial charge in [-0.1, -0.05) is 0 Å². The standard InChI is InChI=1S/C28H2F4N10/c29-19-15-13-14-17(21(19)31)25-26(42-28-27(41-25)39-11(5-35)12(6-36)40-28)18(14)22(32)20(30)16(13)24-23(15)37-9-1-7(3-33)8(4-34)2-10(9)38-24/h1-2H. The average Bonchev–Trinajstić information content (AvgIpc) is 3.51. The first-order chi connectivity index (χ1) is 20.3. The summed E-state index contributed by atoms with van der Waals surface area (Å²) in [5.74, 6) is -5.76. The molecule has 14 heteroatoms. The first kappa shape index (κ1) is 23.3. The molecular weight excluding hydrogens is 552 g/mol. The minimum absolute atomic E-state index is 0.0414. The van der Waals surface area contributed by atoms with Gasteiger partial charge in [0.2, 0.25) is 0 Å². The number of benzene rings is 3. The van der Waals surface area contributed by atoms with Crippen molar-refractivity contribution in [3.05, 3.63) is 57.9 Å². The van der Waals surface area contributed by atoms with Gasteiger partial charge in [-0.25, -0.2) is 47.5 Å². The van der Waals surface area contributed by atoms with Gasteiger partial charge in [-0.3, -0.25) is 0 Å². The molecule has 2 aliphatic carbocycles. The molecule has 0 saturated heterocycles. The van der Waals surface area contributed by atoms with Crippen LogP contribution in [0.1, 0.15) is 22.5 Å². The molecule has 0 radical (unpaired) electrons. The molecule has 0 aliphatic heterocycles. The van der Waals surface area contributed by atoms with Gasteiger partial charge in [-0.2, -0.15) is 21.0 Å². The number of hydrogen-bond donors (Lipinski definition) is 0. The third kappa shape index (κ3) is 2.54. The van der Waals surface area contributed by atoms with Crippen molar-refractivity contribution < 1.29 is 17.6 Å². The van der Waals surface area contributed by atoms with E-state index in [2.05, 4.69) is 29.9 Å². The Morgan fingerprint density at radius 2 is 0.786 bits per heavy atom. The summed E-state index contributed by atoms with van der Waals surface area (Å²) in [6.07, 6.45) is 0. The van der Waals surface area contributed by atoms with E-state index in [9.17, 15) is 21.0 Å². The monoisotopic (exact) mass is 554 g/mol. The normalized spacial score (nSPS) is 11.7. The van der Waals surface area contributed by atoms with Crippen LogP contribution >= 0.6 is 0 Å². The third-order valence-corrected chi connectivity index (χ3v) is 7.24. The second-order valence-electron chi connectivity index (χ2n) is 9.25. The molecule has 8 rings (SSSR count). The largest absolute Gasteiger partial charge is 0.244 e. The zero-order chi connectivity index (χ0) is 29.2. The van der Waals surface area contributed by atoms with Crippen LogP contribution < -0.4 is 0 Å². The minimum atomic E-state index is -1.45. The maximum Gasteiger partial charge on any atom is 0.199 e. The van der Waals surface area contributed by atoms with Crippen LogP contribution in [0.3, 0.4) is 0 Å². The van der Waals surface area contributed by atoms with Crippen molar-refractivity contribution >= 4 is 33.1 Å². The van der Waals surface area contributed by atoms with Crippen molar-refractivity contribution in [1.82, 2.24) is 29.9 Å². The number of nitriles is 4. The summed E-state index contributed by atoms with van der Waals surface area (Å²) in [5.41, 5.74) is -4.63. The summed E-state index contributed by atoms with van der Waals surface area (Å²) >= 11 is 0. The predicted molar refractivity (Wildman–Crippen MR) is 133 cm³/mol. The molecule has 0 unspecified atom stereocenters. The molecule has 0 fully saturated rings. The molecule has 0 spiro atoms. The van der Waals surface area contributed by atoms with E-state index in [4.69, 9.17) is 0 Å². The van der Waals surface area contributed by atoms with Crippen molar-refractivity contribution in [3.8, 4) is 69.3 Å². The minimum Gasteiger partial charge on any atom is -0.244 e. The molecule has 0 bridgehead atoms. The lowest BCUT2D eigenvalue weighted by atomic mass is 9.96. The number of nitrogens with zero attached hydrogens (tertiary/aromatic N) is 10. The van der Waals surface area contributed by atoms with E-state index in [0.29, 0.717) is 0 Å². The highest BCUT2D eigenvalue weighted by Crippen LogP contribution is 2.58. The third-order valence-electron chi connectivity index (χ3n) is 7.24. The molecule has 6 aromatic rings. The maximum absolute atomic E-state index is 15.9. The van der Waals surface area contributed by atoms with Gasteiger partial charge >= 0.3 is 0 Å². The van der Waals surface area contributed by atoms with Gasteiger partial charge < -0.3 is 0 Å². The molecule has 3 heterocycles. The summed E-state index contributed by atoms with van der Waals surface area (Å²) in [6, 6.07) is 9.55. The van der Waals surface area contributed by atoms with Gasteiger partial charge in [0.1, 0.15) is 47.1 Å². The Kier molecular flexibility index (Phi) is 4.16. The van der Waals surface area contributed by atoms with Crippen molar-refractivity contribution in [3.63, 3.8) is 0 Å². The highest BCUT2D eigenvalue weighted by Gasteiger charge is 2.42. The van der Waals surface area contributed by atoms with Crippen LogP contribution in [0.2, 0.25) is 0 Å². The molecule has 10 nitrogen and oxygen atoms in total. The molecule has 0 N–H and O–H groups in total. The molecule has 42 heavy (non-hydrogen) atoms. The molecular formula is C28H2F4N10. The van der Waals surface area contributed by atoms with Gasteiger partial charge in [-0.05, 0) is 12.1 Å². The summed E-state index contributed by atoms with van der Waals surface area (Å²) in [5, 5.41) is 36.9. The first-order valence-electron chi connectivity index (χ1n) is 11.7. The Bertz CT molecular complexity index is 2220. The fraction of sp³-hybridized carbons (Fsp3) is 0. The van der Waals surface area contributed by atoms with Gasteiger partial charge in [0, 0.05) is 21.9 Å². The van der Waals surface area contributed by atoms with Gasteiger partial charge in [-0.15, -0.1) is 0 Å². The molecule has 0 saturated carbocycles. The average molecular weight is 554 g/mol. The fourth-order valence-corrected chi connectivity index (χ4v) is 5.54. The topological polar surface area (TPSA) is 172 Å². The second kappa shape index (κ2) is 7.51. The van der Waals surface area contributed by atoms with Crippen LogP contribution in [0.4, 0.5) is 17.6 Å². The van der Waals surface area contributed by atoms with Crippen molar-refractivity contribution in [1.29, 1.82) is 21.0 Å². The van der Waals surface area contributed by atoms with Crippen molar-refractivity contribution in [2.45, 2.75) is 0 Å². The van der Waals surface area contributed by atoms with E-state index >= 15 is 17.6 Å². The predicted octanol–water partition coefficient (Wildman–Crippen LogP) is 4.85. The molecule has 2 aliphatic rings. The smallest absolute Gasteiger partial charge is 0.199 e. The first-order valence-corrected chi connectivity index (χ1v) is 11.7. The highest BCUT2D eigenvalue weighted by atomic mass is 19.2. The van der Waals surface area contributed by atoms with Gasteiger partial charge in [0.25, 0.3) is 0 Å². The Balaban J connectivity index is 1.53. The van der Waals surface area contributed by atoms with E-state index < -0.39 is 56.9 Å². The van der Waals surface area contributed by atoms with E-state index in [1.165, 1.54) is 12.1 Å². The second-order valence-corrected chi connectivity index (χ2v) is 9.25. The lowest BCUT2D eigenvalue weighted by Crippen LogP contribution is -2.02. The summed E-state index contributed by atoms with van der Waals surface area (Å²) in [4.78, 5) is 24.9. The molecule has 0 atom stereocenters. The molecule has 192 valence electrons. The lowest BCUT2D eigenvalue weighted by molar-refractivity contribution is 0.513. The quantitative estimate of drug-likeness (QED) is 0.236. The van der Waals surface area contributed by atoms with Crippen LogP contribution in [0.5, 0.6) is 0 Å². The van der Waals surface area contributed by atoms with Crippen LogP contribution in [0.15, 0.2) is 12.1 Å². The molecule has 0 amide bonds. The number of halogens is 4. The summed E-state index contributed by atoms with van der Waals surface area (Å²) in [7, 11) is 0. The number of aromatic nitrogens is 6. The zero-order valence-corrected chi connectivity index (χ0v) is 20.1. The Morgan fingerprint density at radius 3 is 1.10 bits per heavy atom. The Morgan fingerprint density at radius 1 is 0.452 bits per heavy atom. The number of rotatable bonds is 0. The maximum atomic E-state index is 15.9. The van der Waals surface area contributed by atoms with E-state index in [1.54, 1.807) is 12.1 Å². The highest BCUT2D eigenvalue weighted by molar-refractivity contribution is 6.25. The fourth-order valence-electron chi connectivity index (χ4n) is 5.54.